The Bertz CT molecular complexity index is 281. The highest BCUT2D eigenvalue weighted by molar-refractivity contribution is 5.85. The Morgan fingerprint density at radius 2 is 1.89 bits per heavy atom. The molecule has 0 aromatic heterocycles. The zero-order valence-corrected chi connectivity index (χ0v) is 12.5. The topological polar surface area (TPSA) is 75.4 Å². The van der Waals surface area contributed by atoms with Crippen LogP contribution in [0.15, 0.2) is 0 Å². The molecule has 0 aliphatic carbocycles. The summed E-state index contributed by atoms with van der Waals surface area (Å²) < 4.78 is 0. The van der Waals surface area contributed by atoms with E-state index in [0.29, 0.717) is 19.4 Å². The first kappa shape index (κ1) is 18.2. The average Bonchev–Trinajstić information content (AvgIpc) is 2.39. The number of nitrogens with two attached hydrogens (primary N) is 1. The normalized spacial score (nSPS) is 16.4. The molecule has 0 saturated carbocycles. The third kappa shape index (κ3) is 6.78. The van der Waals surface area contributed by atoms with Gasteiger partial charge in [0.2, 0.25) is 11.8 Å². The fraction of sp³-hybridized carbons (Fsp3) is 0.846. The van der Waals surface area contributed by atoms with E-state index in [1.165, 1.54) is 6.42 Å². The third-order valence-corrected chi connectivity index (χ3v) is 3.28. The third-order valence-electron chi connectivity index (χ3n) is 3.28. The van der Waals surface area contributed by atoms with E-state index < -0.39 is 6.04 Å². The van der Waals surface area contributed by atoms with Gasteiger partial charge in [-0.05, 0) is 25.7 Å². The first-order valence-electron chi connectivity index (χ1n) is 6.96. The summed E-state index contributed by atoms with van der Waals surface area (Å²) in [6.07, 6.45) is 5.36. The number of amides is 2. The fourth-order valence-electron chi connectivity index (χ4n) is 2.17. The predicted octanol–water partition coefficient (Wildman–Crippen LogP) is 1.05. The Balaban J connectivity index is 0.00000324. The average molecular weight is 292 g/mol. The highest BCUT2D eigenvalue weighted by atomic mass is 35.5. The first-order valence-corrected chi connectivity index (χ1v) is 6.96. The van der Waals surface area contributed by atoms with Crippen molar-refractivity contribution in [1.82, 2.24) is 10.2 Å². The second-order valence-corrected chi connectivity index (χ2v) is 4.88. The smallest absolute Gasteiger partial charge is 0.236 e. The number of hydrogen-bond donors (Lipinski definition) is 2. The number of hydrogen-bond acceptors (Lipinski definition) is 3. The van der Waals surface area contributed by atoms with Gasteiger partial charge in [0.05, 0.1) is 6.04 Å². The van der Waals surface area contributed by atoms with E-state index in [1.807, 2.05) is 11.8 Å². The van der Waals surface area contributed by atoms with Crippen LogP contribution in [-0.4, -0.2) is 42.4 Å². The van der Waals surface area contributed by atoms with Crippen molar-refractivity contribution < 1.29 is 9.59 Å². The summed E-state index contributed by atoms with van der Waals surface area (Å²) in [5.41, 5.74) is 5.68. The van der Waals surface area contributed by atoms with Gasteiger partial charge in [0, 0.05) is 26.1 Å². The standard InChI is InChI=1S/C13H25N3O2.ClH/c1-2-6-11(14)13(18)15-8-7-12(17)16-9-4-3-5-10-16;/h11H,2-10,14H2,1H3,(H,15,18);1H. The molecule has 2 amide bonds. The second-order valence-electron chi connectivity index (χ2n) is 4.88. The molecule has 5 nitrogen and oxygen atoms in total. The minimum Gasteiger partial charge on any atom is -0.354 e. The molecule has 0 spiro atoms. The molecule has 0 radical (unpaired) electrons. The molecule has 0 aromatic carbocycles. The molecule has 1 unspecified atom stereocenters. The van der Waals surface area contributed by atoms with Gasteiger partial charge in [-0.3, -0.25) is 9.59 Å². The van der Waals surface area contributed by atoms with Crippen molar-refractivity contribution in [2.24, 2.45) is 5.73 Å². The largest absolute Gasteiger partial charge is 0.354 e. The molecule has 1 rings (SSSR count). The highest BCUT2D eigenvalue weighted by Crippen LogP contribution is 2.09. The van der Waals surface area contributed by atoms with E-state index in [1.54, 1.807) is 0 Å². The number of nitrogens with one attached hydrogen (secondary N) is 1. The minimum atomic E-state index is -0.444. The van der Waals surface area contributed by atoms with Crippen LogP contribution < -0.4 is 11.1 Å². The van der Waals surface area contributed by atoms with E-state index >= 15 is 0 Å². The molecule has 112 valence electrons. The molecule has 1 aliphatic rings. The van der Waals surface area contributed by atoms with Gasteiger partial charge in [-0.2, -0.15) is 0 Å². The molecule has 0 bridgehead atoms. The van der Waals surface area contributed by atoms with Crippen molar-refractivity contribution in [3.05, 3.63) is 0 Å². The van der Waals surface area contributed by atoms with Crippen LogP contribution in [0.25, 0.3) is 0 Å². The predicted molar refractivity (Wildman–Crippen MR) is 78.2 cm³/mol. The number of rotatable bonds is 6. The van der Waals surface area contributed by atoms with Gasteiger partial charge in [-0.15, -0.1) is 12.4 Å². The van der Waals surface area contributed by atoms with Crippen LogP contribution in [0.4, 0.5) is 0 Å². The van der Waals surface area contributed by atoms with Crippen molar-refractivity contribution in [2.75, 3.05) is 19.6 Å². The zero-order chi connectivity index (χ0) is 13.4. The lowest BCUT2D eigenvalue weighted by Crippen LogP contribution is -2.42. The van der Waals surface area contributed by atoms with Gasteiger partial charge in [-0.25, -0.2) is 0 Å². The lowest BCUT2D eigenvalue weighted by atomic mass is 10.1. The van der Waals surface area contributed by atoms with Gasteiger partial charge in [-0.1, -0.05) is 13.3 Å². The molecule has 0 aromatic rings. The van der Waals surface area contributed by atoms with E-state index in [0.717, 1.165) is 32.4 Å². The summed E-state index contributed by atoms with van der Waals surface area (Å²) in [5.74, 6) is -0.0117. The molecule has 19 heavy (non-hydrogen) atoms. The summed E-state index contributed by atoms with van der Waals surface area (Å²) >= 11 is 0. The Morgan fingerprint density at radius 3 is 2.47 bits per heavy atom. The zero-order valence-electron chi connectivity index (χ0n) is 11.7. The van der Waals surface area contributed by atoms with Crippen molar-refractivity contribution in [2.45, 2.75) is 51.5 Å². The van der Waals surface area contributed by atoms with Crippen molar-refractivity contribution >= 4 is 24.2 Å². The van der Waals surface area contributed by atoms with Crippen LogP contribution in [0.1, 0.15) is 45.4 Å². The SMILES string of the molecule is CCCC(N)C(=O)NCCC(=O)N1CCCCC1.Cl. The van der Waals surface area contributed by atoms with Crippen LogP contribution in [-0.2, 0) is 9.59 Å². The van der Waals surface area contributed by atoms with Crippen molar-refractivity contribution in [3.8, 4) is 0 Å². The number of likely N-dealkylation sites (tertiary alicyclic amines) is 1. The van der Waals surface area contributed by atoms with Crippen LogP contribution in [0.5, 0.6) is 0 Å². The van der Waals surface area contributed by atoms with E-state index in [-0.39, 0.29) is 24.2 Å². The first-order chi connectivity index (χ1) is 8.65. The fourth-order valence-corrected chi connectivity index (χ4v) is 2.17. The minimum absolute atomic E-state index is 0. The molecule has 6 heteroatoms. The van der Waals surface area contributed by atoms with E-state index in [2.05, 4.69) is 5.32 Å². The number of carbonyl (C=O) groups is 2. The van der Waals surface area contributed by atoms with E-state index in [4.69, 9.17) is 5.73 Å². The van der Waals surface area contributed by atoms with Crippen LogP contribution in [0, 0.1) is 0 Å². The second kappa shape index (κ2) is 10.0. The van der Waals surface area contributed by atoms with Gasteiger partial charge in [0.15, 0.2) is 0 Å². The molecule has 1 fully saturated rings. The van der Waals surface area contributed by atoms with Crippen molar-refractivity contribution in [3.63, 3.8) is 0 Å². The lowest BCUT2D eigenvalue weighted by molar-refractivity contribution is -0.132. The number of carbonyl (C=O) groups excluding carboxylic acids is 2. The Hall–Kier alpha value is -0.810. The Kier molecular flexibility index (Phi) is 9.61. The molecule has 1 saturated heterocycles. The summed E-state index contributed by atoms with van der Waals surface area (Å²) in [6, 6.07) is -0.444. The number of nitrogens with zero attached hydrogens (tertiary/aromatic N) is 1. The van der Waals surface area contributed by atoms with E-state index in [9.17, 15) is 9.59 Å². The Labute approximate surface area is 121 Å². The van der Waals surface area contributed by atoms with Gasteiger partial charge >= 0.3 is 0 Å². The van der Waals surface area contributed by atoms with Crippen LogP contribution >= 0.6 is 12.4 Å². The van der Waals surface area contributed by atoms with Crippen LogP contribution in [0.3, 0.4) is 0 Å². The maximum Gasteiger partial charge on any atom is 0.236 e. The summed E-state index contributed by atoms with van der Waals surface area (Å²) in [7, 11) is 0. The summed E-state index contributed by atoms with van der Waals surface area (Å²) in [4.78, 5) is 25.2. The van der Waals surface area contributed by atoms with Gasteiger partial charge < -0.3 is 16.0 Å². The summed E-state index contributed by atoms with van der Waals surface area (Å²) in [5, 5.41) is 2.73. The maximum atomic E-state index is 11.8. The van der Waals surface area contributed by atoms with Gasteiger partial charge in [0.1, 0.15) is 0 Å². The molecule has 1 heterocycles. The molecular formula is C13H26ClN3O2. The number of halogens is 1. The molecular weight excluding hydrogens is 266 g/mol. The molecule has 1 aliphatic heterocycles. The monoisotopic (exact) mass is 291 g/mol. The quantitative estimate of drug-likeness (QED) is 0.768. The summed E-state index contributed by atoms with van der Waals surface area (Å²) in [6.45, 7) is 4.11. The number of piperidine rings is 1. The lowest BCUT2D eigenvalue weighted by Gasteiger charge is -2.26. The molecule has 1 atom stereocenters. The van der Waals surface area contributed by atoms with Crippen LogP contribution in [0.2, 0.25) is 0 Å². The maximum absolute atomic E-state index is 11.8. The van der Waals surface area contributed by atoms with Gasteiger partial charge in [0.25, 0.3) is 0 Å². The molecule has 3 N–H and O–H groups in total. The highest BCUT2D eigenvalue weighted by Gasteiger charge is 2.17. The Morgan fingerprint density at radius 1 is 1.26 bits per heavy atom. The van der Waals surface area contributed by atoms with Crippen molar-refractivity contribution in [1.29, 1.82) is 0 Å².